The molecule has 0 amide bonds. The second kappa shape index (κ2) is 5.14. The monoisotopic (exact) mass is 395 g/mol. The van der Waals surface area contributed by atoms with Gasteiger partial charge in [-0.3, -0.25) is 0 Å². The van der Waals surface area contributed by atoms with Crippen LogP contribution in [0.4, 0.5) is 5.69 Å². The topological polar surface area (TPSA) is 41.6 Å². The summed E-state index contributed by atoms with van der Waals surface area (Å²) < 4.78 is 4.31. The largest absolute Gasteiger partial charge is 0.369 e. The molecular formula is C17H22IN3. The first-order valence-electron chi connectivity index (χ1n) is 8.00. The third-order valence-electron chi connectivity index (χ3n) is 5.81. The maximum Gasteiger partial charge on any atom is 0.206 e. The SMILES string of the molecule is NC(=NI)N(c1ccccc1)C12CC3CC(CC(C3)C1)C2. The van der Waals surface area contributed by atoms with Gasteiger partial charge in [0.2, 0.25) is 5.96 Å². The van der Waals surface area contributed by atoms with Crippen molar-refractivity contribution >= 4 is 34.5 Å². The number of nitrogens with two attached hydrogens (primary N) is 1. The van der Waals surface area contributed by atoms with E-state index in [9.17, 15) is 0 Å². The van der Waals surface area contributed by atoms with E-state index in [-0.39, 0.29) is 5.54 Å². The fourth-order valence-electron chi connectivity index (χ4n) is 5.60. The summed E-state index contributed by atoms with van der Waals surface area (Å²) in [5.41, 5.74) is 7.76. The molecule has 0 aromatic heterocycles. The smallest absolute Gasteiger partial charge is 0.206 e. The minimum atomic E-state index is 0.217. The molecule has 4 aliphatic carbocycles. The van der Waals surface area contributed by atoms with E-state index in [4.69, 9.17) is 5.73 Å². The van der Waals surface area contributed by atoms with Crippen molar-refractivity contribution in [2.24, 2.45) is 26.7 Å². The minimum absolute atomic E-state index is 0.217. The molecule has 3 nitrogen and oxygen atoms in total. The number of benzene rings is 1. The molecule has 1 aromatic rings. The molecule has 1 aromatic carbocycles. The first-order chi connectivity index (χ1) is 10.2. The highest BCUT2D eigenvalue weighted by Crippen LogP contribution is 2.58. The van der Waals surface area contributed by atoms with E-state index in [2.05, 4.69) is 38.4 Å². The molecule has 0 aliphatic heterocycles. The van der Waals surface area contributed by atoms with Gasteiger partial charge >= 0.3 is 0 Å². The van der Waals surface area contributed by atoms with Crippen LogP contribution in [0.2, 0.25) is 0 Å². The highest BCUT2D eigenvalue weighted by Gasteiger charge is 2.54. The van der Waals surface area contributed by atoms with E-state index in [1.54, 1.807) is 0 Å². The van der Waals surface area contributed by atoms with Crippen LogP contribution in [0, 0.1) is 17.8 Å². The van der Waals surface area contributed by atoms with Gasteiger partial charge in [-0.05, 0) is 68.4 Å². The van der Waals surface area contributed by atoms with Crippen LogP contribution < -0.4 is 10.6 Å². The van der Waals surface area contributed by atoms with Crippen LogP contribution in [-0.4, -0.2) is 11.5 Å². The zero-order valence-electron chi connectivity index (χ0n) is 12.2. The van der Waals surface area contributed by atoms with Crippen molar-refractivity contribution in [3.05, 3.63) is 30.3 Å². The third-order valence-corrected chi connectivity index (χ3v) is 6.30. The minimum Gasteiger partial charge on any atom is -0.369 e. The quantitative estimate of drug-likeness (QED) is 0.465. The summed E-state index contributed by atoms with van der Waals surface area (Å²) in [4.78, 5) is 2.37. The van der Waals surface area contributed by atoms with E-state index in [0.29, 0.717) is 5.96 Å². The van der Waals surface area contributed by atoms with Gasteiger partial charge in [0.25, 0.3) is 0 Å². The molecule has 2 N–H and O–H groups in total. The van der Waals surface area contributed by atoms with Gasteiger partial charge in [0, 0.05) is 11.2 Å². The average Bonchev–Trinajstić information content (AvgIpc) is 2.46. The van der Waals surface area contributed by atoms with Crippen LogP contribution >= 0.6 is 22.9 Å². The molecule has 4 saturated carbocycles. The number of nitrogens with zero attached hydrogens (tertiary/aromatic N) is 2. The fraction of sp³-hybridized carbons (Fsp3) is 0.588. The van der Waals surface area contributed by atoms with Gasteiger partial charge in [0.1, 0.15) is 0 Å². The van der Waals surface area contributed by atoms with Crippen molar-refractivity contribution in [3.63, 3.8) is 0 Å². The molecule has 0 spiro atoms. The molecule has 21 heavy (non-hydrogen) atoms. The van der Waals surface area contributed by atoms with Crippen LogP contribution in [0.15, 0.2) is 33.5 Å². The number of anilines is 1. The van der Waals surface area contributed by atoms with Crippen molar-refractivity contribution in [2.45, 2.75) is 44.1 Å². The molecule has 4 bridgehead atoms. The Hall–Kier alpha value is -0.780. The number of para-hydroxylation sites is 1. The van der Waals surface area contributed by atoms with Crippen LogP contribution in [0.5, 0.6) is 0 Å². The standard InChI is InChI=1S/C17H22IN3/c18-20-16(19)21(15-4-2-1-3-5-15)17-9-12-6-13(10-17)8-14(7-12)11-17/h1-5,12-14H,6-11H2,(H2,19,20). The van der Waals surface area contributed by atoms with E-state index in [1.165, 1.54) is 44.2 Å². The summed E-state index contributed by atoms with van der Waals surface area (Å²) in [7, 11) is 0. The lowest BCUT2D eigenvalue weighted by Gasteiger charge is -2.60. The summed E-state index contributed by atoms with van der Waals surface area (Å²) >= 11 is 2.04. The third kappa shape index (κ3) is 2.26. The summed E-state index contributed by atoms with van der Waals surface area (Å²) in [6, 6.07) is 10.6. The predicted octanol–water partition coefficient (Wildman–Crippen LogP) is 4.13. The Bertz CT molecular complexity index is 519. The van der Waals surface area contributed by atoms with Crippen molar-refractivity contribution in [3.8, 4) is 0 Å². The Balaban J connectivity index is 1.77. The van der Waals surface area contributed by atoms with Crippen LogP contribution in [-0.2, 0) is 0 Å². The van der Waals surface area contributed by atoms with Crippen LogP contribution in [0.1, 0.15) is 38.5 Å². The molecule has 112 valence electrons. The van der Waals surface area contributed by atoms with Gasteiger partial charge in [-0.25, -0.2) is 0 Å². The molecule has 0 radical (unpaired) electrons. The van der Waals surface area contributed by atoms with Gasteiger partial charge in [0.15, 0.2) is 0 Å². The van der Waals surface area contributed by atoms with Crippen molar-refractivity contribution < 1.29 is 0 Å². The number of rotatable bonds is 2. The van der Waals surface area contributed by atoms with Gasteiger partial charge in [-0.15, -0.1) is 0 Å². The zero-order chi connectivity index (χ0) is 14.4. The number of guanidine groups is 1. The number of halogens is 1. The molecule has 4 fully saturated rings. The molecular weight excluding hydrogens is 373 g/mol. The Morgan fingerprint density at radius 1 is 1.05 bits per heavy atom. The first kappa shape index (κ1) is 13.9. The molecule has 4 heteroatoms. The lowest BCUT2D eigenvalue weighted by atomic mass is 9.52. The first-order valence-corrected chi connectivity index (χ1v) is 8.96. The van der Waals surface area contributed by atoms with Gasteiger partial charge in [-0.1, -0.05) is 18.2 Å². The Morgan fingerprint density at radius 3 is 2.05 bits per heavy atom. The predicted molar refractivity (Wildman–Crippen MR) is 95.5 cm³/mol. The Labute approximate surface area is 140 Å². The van der Waals surface area contributed by atoms with Gasteiger partial charge in [0.05, 0.1) is 22.9 Å². The van der Waals surface area contributed by atoms with Crippen LogP contribution in [0.25, 0.3) is 0 Å². The van der Waals surface area contributed by atoms with Gasteiger partial charge < -0.3 is 10.6 Å². The average molecular weight is 395 g/mol. The molecule has 5 rings (SSSR count). The Kier molecular flexibility index (Phi) is 3.39. The van der Waals surface area contributed by atoms with Crippen molar-refractivity contribution in [1.82, 2.24) is 0 Å². The molecule has 0 heterocycles. The van der Waals surface area contributed by atoms with Gasteiger partial charge in [-0.2, -0.15) is 3.21 Å². The highest BCUT2D eigenvalue weighted by molar-refractivity contribution is 14.1. The van der Waals surface area contributed by atoms with Crippen molar-refractivity contribution in [1.29, 1.82) is 0 Å². The zero-order valence-corrected chi connectivity index (χ0v) is 14.4. The molecule has 0 unspecified atom stereocenters. The van der Waals surface area contributed by atoms with E-state index < -0.39 is 0 Å². The molecule has 4 aliphatic rings. The normalized spacial score (nSPS) is 37.8. The summed E-state index contributed by atoms with van der Waals surface area (Å²) in [6.45, 7) is 0. The summed E-state index contributed by atoms with van der Waals surface area (Å²) in [5, 5.41) is 0. The summed E-state index contributed by atoms with van der Waals surface area (Å²) in [5.74, 6) is 3.39. The Morgan fingerprint density at radius 2 is 1.57 bits per heavy atom. The van der Waals surface area contributed by atoms with E-state index in [1.807, 2.05) is 22.9 Å². The van der Waals surface area contributed by atoms with E-state index >= 15 is 0 Å². The number of hydrogen-bond donors (Lipinski definition) is 1. The lowest BCUT2D eigenvalue weighted by Crippen LogP contribution is -2.63. The maximum atomic E-state index is 6.34. The second-order valence-corrected chi connectivity index (χ2v) is 7.74. The van der Waals surface area contributed by atoms with Crippen LogP contribution in [0.3, 0.4) is 0 Å². The fourth-order valence-corrected chi connectivity index (χ4v) is 5.82. The van der Waals surface area contributed by atoms with Crippen molar-refractivity contribution in [2.75, 3.05) is 4.90 Å². The number of hydrogen-bond acceptors (Lipinski definition) is 1. The molecule has 0 saturated heterocycles. The lowest BCUT2D eigenvalue weighted by molar-refractivity contribution is 0.00177. The maximum absolute atomic E-state index is 6.34. The molecule has 0 atom stereocenters. The summed E-state index contributed by atoms with van der Waals surface area (Å²) in [6.07, 6.45) is 8.22. The van der Waals surface area contributed by atoms with E-state index in [0.717, 1.165) is 17.8 Å². The second-order valence-electron chi connectivity index (χ2n) is 7.26. The highest BCUT2D eigenvalue weighted by atomic mass is 127.